The molecular weight excluding hydrogens is 198 g/mol. The fourth-order valence-electron chi connectivity index (χ4n) is 1.78. The third-order valence-electron chi connectivity index (χ3n) is 2.67. The number of aromatic nitrogens is 1. The normalized spacial score (nSPS) is 11.8. The summed E-state index contributed by atoms with van der Waals surface area (Å²) in [5, 5.41) is 0. The summed E-state index contributed by atoms with van der Waals surface area (Å²) >= 11 is 0. The van der Waals surface area contributed by atoms with Crippen LogP contribution in [-0.2, 0) is 7.05 Å². The molecule has 0 radical (unpaired) electrons. The molecule has 0 atom stereocenters. The summed E-state index contributed by atoms with van der Waals surface area (Å²) in [6.07, 6.45) is 8.25. The Morgan fingerprint density at radius 2 is 2.12 bits per heavy atom. The van der Waals surface area contributed by atoms with Crippen molar-refractivity contribution in [3.05, 3.63) is 40.3 Å². The maximum atomic E-state index is 12.0. The lowest BCUT2D eigenvalue weighted by Gasteiger charge is -2.07. The molecule has 0 saturated heterocycles. The molecule has 0 N–H and O–H groups in total. The van der Waals surface area contributed by atoms with Crippen LogP contribution in [0.5, 0.6) is 0 Å². The molecule has 2 nitrogen and oxygen atoms in total. The molecule has 0 aliphatic carbocycles. The van der Waals surface area contributed by atoms with Crippen molar-refractivity contribution in [2.24, 2.45) is 7.05 Å². The summed E-state index contributed by atoms with van der Waals surface area (Å²) in [6.45, 7) is 4.30. The third-order valence-corrected chi connectivity index (χ3v) is 2.67. The highest BCUT2D eigenvalue weighted by Crippen LogP contribution is 2.17. The first-order valence-corrected chi connectivity index (χ1v) is 6.05. The van der Waals surface area contributed by atoms with E-state index in [-0.39, 0.29) is 5.56 Å². The largest absolute Gasteiger partial charge is 0.318 e. The molecular formula is C14H21NO. The highest BCUT2D eigenvalue weighted by atomic mass is 16.1. The van der Waals surface area contributed by atoms with Crippen LogP contribution in [0.4, 0.5) is 0 Å². The molecule has 0 fully saturated rings. The molecule has 1 aromatic heterocycles. The summed E-state index contributed by atoms with van der Waals surface area (Å²) in [4.78, 5) is 12.0. The van der Waals surface area contributed by atoms with Gasteiger partial charge in [0, 0.05) is 18.8 Å². The molecule has 0 spiro atoms. The Kier molecular flexibility index (Phi) is 5.03. The molecule has 16 heavy (non-hydrogen) atoms. The Balaban J connectivity index is 3.11. The highest BCUT2D eigenvalue weighted by Gasteiger charge is 2.05. The first-order valence-electron chi connectivity index (χ1n) is 6.05. The van der Waals surface area contributed by atoms with Crippen LogP contribution in [0, 0.1) is 0 Å². The first kappa shape index (κ1) is 12.8. The van der Waals surface area contributed by atoms with Crippen molar-refractivity contribution < 1.29 is 0 Å². The van der Waals surface area contributed by atoms with E-state index in [1.807, 2.05) is 12.1 Å². The lowest BCUT2D eigenvalue weighted by molar-refractivity contribution is 0.849. The van der Waals surface area contributed by atoms with Crippen LogP contribution in [0.3, 0.4) is 0 Å². The number of pyridine rings is 1. The number of nitrogens with zero attached hydrogens (tertiary/aromatic N) is 1. The number of hydrogen-bond donors (Lipinski definition) is 0. The molecule has 1 aromatic rings. The second-order valence-electron chi connectivity index (χ2n) is 4.11. The number of allylic oxidation sites excluding steroid dienone is 2. The van der Waals surface area contributed by atoms with E-state index in [9.17, 15) is 4.79 Å². The van der Waals surface area contributed by atoms with Crippen molar-refractivity contribution in [3.8, 4) is 0 Å². The molecule has 0 aromatic carbocycles. The smallest absolute Gasteiger partial charge is 0.257 e. The zero-order chi connectivity index (χ0) is 12.0. The Morgan fingerprint density at radius 3 is 2.75 bits per heavy atom. The van der Waals surface area contributed by atoms with Gasteiger partial charge in [-0.1, -0.05) is 32.8 Å². The van der Waals surface area contributed by atoms with Crippen molar-refractivity contribution in [3.63, 3.8) is 0 Å². The van der Waals surface area contributed by atoms with Crippen molar-refractivity contribution in [1.82, 2.24) is 4.57 Å². The van der Waals surface area contributed by atoms with E-state index < -0.39 is 0 Å². The van der Waals surface area contributed by atoms with Crippen LogP contribution in [-0.4, -0.2) is 4.57 Å². The molecule has 1 heterocycles. The summed E-state index contributed by atoms with van der Waals surface area (Å²) in [6, 6.07) is 3.87. The monoisotopic (exact) mass is 219 g/mol. The van der Waals surface area contributed by atoms with Gasteiger partial charge in [-0.3, -0.25) is 4.79 Å². The Bertz CT molecular complexity index is 415. The first-order chi connectivity index (χ1) is 7.70. The van der Waals surface area contributed by atoms with E-state index >= 15 is 0 Å². The predicted molar refractivity (Wildman–Crippen MR) is 69.5 cm³/mol. The Labute approximate surface area is 97.6 Å². The average Bonchev–Trinajstić information content (AvgIpc) is 2.28. The van der Waals surface area contributed by atoms with Crippen LogP contribution in [0.25, 0.3) is 5.57 Å². The fourth-order valence-corrected chi connectivity index (χ4v) is 1.78. The second kappa shape index (κ2) is 6.31. The molecule has 0 unspecified atom stereocenters. The molecule has 0 aliphatic rings. The van der Waals surface area contributed by atoms with Gasteiger partial charge >= 0.3 is 0 Å². The minimum atomic E-state index is 0.110. The fraction of sp³-hybridized carbons (Fsp3) is 0.500. The lowest BCUT2D eigenvalue weighted by atomic mass is 10.0. The van der Waals surface area contributed by atoms with Crippen LogP contribution >= 0.6 is 0 Å². The molecule has 0 amide bonds. The zero-order valence-electron chi connectivity index (χ0n) is 10.5. The topological polar surface area (TPSA) is 22.0 Å². The van der Waals surface area contributed by atoms with Crippen LogP contribution in [0.2, 0.25) is 0 Å². The number of hydrogen-bond acceptors (Lipinski definition) is 1. The number of rotatable bonds is 5. The maximum Gasteiger partial charge on any atom is 0.257 e. The van der Waals surface area contributed by atoms with Crippen LogP contribution < -0.4 is 5.56 Å². The van der Waals surface area contributed by atoms with Crippen molar-refractivity contribution in [2.45, 2.75) is 39.5 Å². The molecule has 2 heteroatoms. The van der Waals surface area contributed by atoms with Crippen molar-refractivity contribution >= 4 is 5.57 Å². The number of unbranched alkanes of at least 4 members (excludes halogenated alkanes) is 1. The van der Waals surface area contributed by atoms with Gasteiger partial charge in [-0.05, 0) is 30.5 Å². The van der Waals surface area contributed by atoms with Gasteiger partial charge in [0.15, 0.2) is 0 Å². The van der Waals surface area contributed by atoms with Gasteiger partial charge in [-0.25, -0.2) is 0 Å². The van der Waals surface area contributed by atoms with Crippen LogP contribution in [0.1, 0.15) is 45.1 Å². The minimum absolute atomic E-state index is 0.110. The van der Waals surface area contributed by atoms with Gasteiger partial charge in [0.25, 0.3) is 5.56 Å². The SMILES string of the molecule is CCCC=C(CCC)c1cccn(C)c1=O. The molecule has 88 valence electrons. The van der Waals surface area contributed by atoms with Gasteiger partial charge in [0.05, 0.1) is 0 Å². The van der Waals surface area contributed by atoms with E-state index in [0.717, 1.165) is 31.2 Å². The van der Waals surface area contributed by atoms with E-state index in [4.69, 9.17) is 0 Å². The third kappa shape index (κ3) is 3.09. The Hall–Kier alpha value is -1.31. The zero-order valence-corrected chi connectivity index (χ0v) is 10.5. The quantitative estimate of drug-likeness (QED) is 0.744. The molecule has 0 bridgehead atoms. The summed E-state index contributed by atoms with van der Waals surface area (Å²) in [5.41, 5.74) is 2.17. The van der Waals surface area contributed by atoms with E-state index in [2.05, 4.69) is 19.9 Å². The van der Waals surface area contributed by atoms with Crippen LogP contribution in [0.15, 0.2) is 29.2 Å². The molecule has 0 saturated carbocycles. The average molecular weight is 219 g/mol. The van der Waals surface area contributed by atoms with Crippen molar-refractivity contribution in [2.75, 3.05) is 0 Å². The van der Waals surface area contributed by atoms with Crippen molar-refractivity contribution in [1.29, 1.82) is 0 Å². The lowest BCUT2D eigenvalue weighted by Crippen LogP contribution is -2.19. The van der Waals surface area contributed by atoms with Gasteiger partial charge in [0.1, 0.15) is 0 Å². The predicted octanol–water partition coefficient (Wildman–Crippen LogP) is 3.37. The van der Waals surface area contributed by atoms with Gasteiger partial charge in [-0.15, -0.1) is 0 Å². The summed E-state index contributed by atoms with van der Waals surface area (Å²) in [7, 11) is 1.80. The Morgan fingerprint density at radius 1 is 1.38 bits per heavy atom. The maximum absolute atomic E-state index is 12.0. The van der Waals surface area contributed by atoms with E-state index in [0.29, 0.717) is 0 Å². The minimum Gasteiger partial charge on any atom is -0.318 e. The van der Waals surface area contributed by atoms with Gasteiger partial charge in [0.2, 0.25) is 0 Å². The van der Waals surface area contributed by atoms with E-state index in [1.165, 1.54) is 5.57 Å². The standard InChI is InChI=1S/C14H21NO/c1-4-6-9-12(8-5-2)13-10-7-11-15(3)14(13)16/h7,9-11H,4-6,8H2,1-3H3. The second-order valence-corrected chi connectivity index (χ2v) is 4.11. The summed E-state index contributed by atoms with van der Waals surface area (Å²) < 4.78 is 1.64. The summed E-state index contributed by atoms with van der Waals surface area (Å²) in [5.74, 6) is 0. The van der Waals surface area contributed by atoms with E-state index in [1.54, 1.807) is 17.8 Å². The van der Waals surface area contributed by atoms with Gasteiger partial charge < -0.3 is 4.57 Å². The molecule has 1 rings (SSSR count). The molecule has 0 aliphatic heterocycles. The highest BCUT2D eigenvalue weighted by molar-refractivity contribution is 5.64. The van der Waals surface area contributed by atoms with Gasteiger partial charge in [-0.2, -0.15) is 0 Å². The number of aryl methyl sites for hydroxylation is 1.